The quantitative estimate of drug-likeness (QED) is 0.906. The van der Waals surface area contributed by atoms with Crippen LogP contribution in [0.25, 0.3) is 11.3 Å². The van der Waals surface area contributed by atoms with Gasteiger partial charge in [-0.15, -0.1) is 0 Å². The molecule has 0 saturated heterocycles. The molecule has 0 amide bonds. The Hall–Kier alpha value is -2.81. The largest absolute Gasteiger partial charge is 0.495 e. The number of aromatic nitrogens is 1. The van der Waals surface area contributed by atoms with E-state index >= 15 is 0 Å². The minimum atomic E-state index is -1.19. The number of methoxy groups -OCH3 is 1. The molecule has 2 aromatic rings. The maximum absolute atomic E-state index is 10.7. The lowest BCUT2D eigenvalue weighted by Gasteiger charge is -2.08. The Morgan fingerprint density at radius 1 is 1.47 bits per heavy atom. The van der Waals surface area contributed by atoms with E-state index in [4.69, 9.17) is 15.1 Å². The fourth-order valence-electron chi connectivity index (χ4n) is 1.79. The van der Waals surface area contributed by atoms with Gasteiger partial charge in [0.2, 0.25) is 5.76 Å². The third kappa shape index (κ3) is 2.26. The molecular weight excluding hydrogens is 248 g/mol. The zero-order chi connectivity index (χ0) is 14.0. The van der Waals surface area contributed by atoms with Crippen LogP contribution in [0.2, 0.25) is 0 Å². The first-order valence-electron chi connectivity index (χ1n) is 5.36. The number of aromatic carboxylic acids is 1. The Morgan fingerprint density at radius 2 is 2.21 bits per heavy atom. The molecule has 1 N–H and O–H groups in total. The summed E-state index contributed by atoms with van der Waals surface area (Å²) in [4.78, 5) is 10.7. The summed E-state index contributed by atoms with van der Waals surface area (Å²) in [5.41, 5.74) is 2.08. The highest BCUT2D eigenvalue weighted by molar-refractivity contribution is 5.85. The van der Waals surface area contributed by atoms with Crippen molar-refractivity contribution in [1.82, 2.24) is 5.16 Å². The Morgan fingerprint density at radius 3 is 2.74 bits per heavy atom. The lowest BCUT2D eigenvalue weighted by molar-refractivity contribution is 0.0652. The number of nitriles is 1. The molecule has 0 spiro atoms. The van der Waals surface area contributed by atoms with Crippen molar-refractivity contribution < 1.29 is 19.2 Å². The summed E-state index contributed by atoms with van der Waals surface area (Å²) in [6.45, 7) is 1.79. The fraction of sp³-hybridized carbons (Fsp3) is 0.154. The Bertz CT molecular complexity index is 682. The van der Waals surface area contributed by atoms with Crippen molar-refractivity contribution in [3.8, 4) is 23.1 Å². The molecule has 1 heterocycles. The van der Waals surface area contributed by atoms with Gasteiger partial charge in [0.15, 0.2) is 0 Å². The van der Waals surface area contributed by atoms with Gasteiger partial charge < -0.3 is 14.4 Å². The number of carbonyl (C=O) groups is 1. The topological polar surface area (TPSA) is 96.3 Å². The molecule has 0 unspecified atom stereocenters. The Balaban J connectivity index is 2.54. The van der Waals surface area contributed by atoms with Crippen LogP contribution in [0.3, 0.4) is 0 Å². The third-order valence-electron chi connectivity index (χ3n) is 2.62. The van der Waals surface area contributed by atoms with Gasteiger partial charge in [-0.25, -0.2) is 4.79 Å². The molecule has 0 fully saturated rings. The summed E-state index contributed by atoms with van der Waals surface area (Å²) in [7, 11) is 1.49. The number of rotatable bonds is 3. The number of ether oxygens (including phenoxy) is 1. The molecule has 19 heavy (non-hydrogen) atoms. The lowest BCUT2D eigenvalue weighted by Crippen LogP contribution is -1.93. The first kappa shape index (κ1) is 12.6. The normalized spacial score (nSPS) is 9.95. The highest BCUT2D eigenvalue weighted by Gasteiger charge is 2.15. The van der Waals surface area contributed by atoms with E-state index in [0.29, 0.717) is 22.6 Å². The molecule has 0 aliphatic carbocycles. The van der Waals surface area contributed by atoms with Gasteiger partial charge in [0.1, 0.15) is 17.5 Å². The predicted molar refractivity (Wildman–Crippen MR) is 64.9 cm³/mol. The van der Waals surface area contributed by atoms with Crippen LogP contribution in [0.15, 0.2) is 22.7 Å². The van der Waals surface area contributed by atoms with E-state index in [1.54, 1.807) is 19.1 Å². The van der Waals surface area contributed by atoms with Gasteiger partial charge in [-0.1, -0.05) is 5.16 Å². The maximum atomic E-state index is 10.7. The molecule has 6 nitrogen and oxygen atoms in total. The lowest BCUT2D eigenvalue weighted by atomic mass is 10.0. The van der Waals surface area contributed by atoms with Crippen LogP contribution in [-0.2, 0) is 0 Å². The van der Waals surface area contributed by atoms with Gasteiger partial charge >= 0.3 is 5.97 Å². The van der Waals surface area contributed by atoms with Crippen molar-refractivity contribution in [2.24, 2.45) is 0 Å². The summed E-state index contributed by atoms with van der Waals surface area (Å²) in [6.07, 6.45) is 0. The standard InChI is InChI=1S/C13H10N2O4/c1-7-3-8(4-9(6-14)12(7)18-2)10-5-11(13(16)17)19-15-10/h3-5H,1-2H3,(H,16,17). The van der Waals surface area contributed by atoms with Gasteiger partial charge in [-0.05, 0) is 24.6 Å². The summed E-state index contributed by atoms with van der Waals surface area (Å²) in [5.74, 6) is -0.945. The number of hydrogen-bond donors (Lipinski definition) is 1. The summed E-state index contributed by atoms with van der Waals surface area (Å²) >= 11 is 0. The zero-order valence-electron chi connectivity index (χ0n) is 10.3. The molecule has 0 radical (unpaired) electrons. The van der Waals surface area contributed by atoms with E-state index in [9.17, 15) is 4.79 Å². The monoisotopic (exact) mass is 258 g/mol. The highest BCUT2D eigenvalue weighted by Crippen LogP contribution is 2.29. The summed E-state index contributed by atoms with van der Waals surface area (Å²) in [5, 5.41) is 21.5. The second-order valence-electron chi connectivity index (χ2n) is 3.87. The van der Waals surface area contributed by atoms with Crippen LogP contribution in [-0.4, -0.2) is 23.3 Å². The first-order valence-corrected chi connectivity index (χ1v) is 5.36. The number of aryl methyl sites for hydroxylation is 1. The molecule has 0 saturated carbocycles. The Kier molecular flexibility index (Phi) is 3.21. The second-order valence-corrected chi connectivity index (χ2v) is 3.87. The van der Waals surface area contributed by atoms with Gasteiger partial charge in [0.05, 0.1) is 12.7 Å². The van der Waals surface area contributed by atoms with E-state index in [2.05, 4.69) is 9.68 Å². The average Bonchev–Trinajstić information content (AvgIpc) is 2.87. The molecule has 96 valence electrons. The Labute approximate surface area is 108 Å². The fourth-order valence-corrected chi connectivity index (χ4v) is 1.79. The molecule has 6 heteroatoms. The second kappa shape index (κ2) is 4.82. The molecule has 1 aromatic carbocycles. The van der Waals surface area contributed by atoms with Crippen molar-refractivity contribution in [3.05, 3.63) is 35.1 Å². The number of carboxylic acids is 1. The van der Waals surface area contributed by atoms with Gasteiger partial charge in [-0.2, -0.15) is 5.26 Å². The number of benzene rings is 1. The van der Waals surface area contributed by atoms with Crippen molar-refractivity contribution in [1.29, 1.82) is 5.26 Å². The first-order chi connectivity index (χ1) is 9.06. The number of nitrogens with zero attached hydrogens (tertiary/aromatic N) is 2. The van der Waals surface area contributed by atoms with Crippen LogP contribution in [0, 0.1) is 18.3 Å². The van der Waals surface area contributed by atoms with E-state index in [0.717, 1.165) is 5.56 Å². The number of carboxylic acid groups (broad SMARTS) is 1. The predicted octanol–water partition coefficient (Wildman–Crippen LogP) is 2.23. The van der Waals surface area contributed by atoms with E-state index in [1.807, 2.05) is 6.07 Å². The zero-order valence-corrected chi connectivity index (χ0v) is 10.3. The number of hydrogen-bond acceptors (Lipinski definition) is 5. The van der Waals surface area contributed by atoms with Crippen LogP contribution in [0.4, 0.5) is 0 Å². The average molecular weight is 258 g/mol. The van der Waals surface area contributed by atoms with Crippen LogP contribution >= 0.6 is 0 Å². The maximum Gasteiger partial charge on any atom is 0.374 e. The van der Waals surface area contributed by atoms with Crippen molar-refractivity contribution in [2.45, 2.75) is 6.92 Å². The van der Waals surface area contributed by atoms with E-state index < -0.39 is 5.97 Å². The van der Waals surface area contributed by atoms with E-state index in [-0.39, 0.29) is 5.76 Å². The molecular formula is C13H10N2O4. The molecule has 1 aromatic heterocycles. The van der Waals surface area contributed by atoms with Crippen molar-refractivity contribution in [3.63, 3.8) is 0 Å². The van der Waals surface area contributed by atoms with Crippen LogP contribution < -0.4 is 4.74 Å². The minimum absolute atomic E-state index is 0.248. The van der Waals surface area contributed by atoms with Crippen LogP contribution in [0.5, 0.6) is 5.75 Å². The van der Waals surface area contributed by atoms with Gasteiger partial charge in [0, 0.05) is 11.6 Å². The molecule has 0 bridgehead atoms. The molecule has 2 rings (SSSR count). The van der Waals surface area contributed by atoms with Crippen molar-refractivity contribution in [2.75, 3.05) is 7.11 Å². The minimum Gasteiger partial charge on any atom is -0.495 e. The van der Waals surface area contributed by atoms with Crippen molar-refractivity contribution >= 4 is 5.97 Å². The smallest absolute Gasteiger partial charge is 0.374 e. The SMILES string of the molecule is COc1c(C)cc(-c2cc(C(=O)O)on2)cc1C#N. The third-order valence-corrected chi connectivity index (χ3v) is 2.62. The summed E-state index contributed by atoms with van der Waals surface area (Å²) < 4.78 is 9.83. The van der Waals surface area contributed by atoms with Crippen LogP contribution in [0.1, 0.15) is 21.7 Å². The molecule has 0 aliphatic heterocycles. The highest BCUT2D eigenvalue weighted by atomic mass is 16.5. The van der Waals surface area contributed by atoms with Gasteiger partial charge in [-0.3, -0.25) is 0 Å². The van der Waals surface area contributed by atoms with E-state index in [1.165, 1.54) is 13.2 Å². The molecule has 0 atom stereocenters. The molecule has 0 aliphatic rings. The summed E-state index contributed by atoms with van der Waals surface area (Å²) in [6, 6.07) is 6.67. The van der Waals surface area contributed by atoms with Gasteiger partial charge in [0.25, 0.3) is 0 Å².